The lowest BCUT2D eigenvalue weighted by Gasteiger charge is -2.08. The summed E-state index contributed by atoms with van der Waals surface area (Å²) in [6.45, 7) is 0. The monoisotopic (exact) mass is 420 g/mol. The summed E-state index contributed by atoms with van der Waals surface area (Å²) in [4.78, 5) is 0.110. The van der Waals surface area contributed by atoms with Gasteiger partial charge in [-0.05, 0) is 45.6 Å². The predicted molar refractivity (Wildman–Crippen MR) is 81.7 cm³/mol. The molecule has 0 atom stereocenters. The molecule has 19 heavy (non-hydrogen) atoms. The molecule has 0 radical (unpaired) electrons. The van der Waals surface area contributed by atoms with Gasteiger partial charge in [-0.25, -0.2) is 8.42 Å². The van der Waals surface area contributed by atoms with E-state index in [0.29, 0.717) is 19.5 Å². The Hall–Kier alpha value is -0.880. The second kappa shape index (κ2) is 5.63. The Morgan fingerprint density at radius 2 is 2.00 bits per heavy atom. The summed E-state index contributed by atoms with van der Waals surface area (Å²) in [6, 6.07) is 8.37. The summed E-state index contributed by atoms with van der Waals surface area (Å²) < 4.78 is 28.1. The van der Waals surface area contributed by atoms with Crippen LogP contribution in [0.25, 0.3) is 0 Å². The van der Waals surface area contributed by atoms with Gasteiger partial charge in [-0.2, -0.15) is 5.26 Å². The van der Waals surface area contributed by atoms with E-state index in [2.05, 4.69) is 36.6 Å². The Labute approximate surface area is 131 Å². The van der Waals surface area contributed by atoms with Gasteiger partial charge in [-0.15, -0.1) is 11.3 Å². The summed E-state index contributed by atoms with van der Waals surface area (Å²) in [5.41, 5.74) is 0.305. The van der Waals surface area contributed by atoms with Crippen molar-refractivity contribution in [1.82, 2.24) is 0 Å². The van der Waals surface area contributed by atoms with Gasteiger partial charge in [0.05, 0.1) is 5.56 Å². The molecular weight excluding hydrogens is 416 g/mol. The van der Waals surface area contributed by atoms with E-state index in [1.807, 2.05) is 6.07 Å². The quantitative estimate of drug-likeness (QED) is 0.815. The summed E-state index contributed by atoms with van der Waals surface area (Å²) in [5, 5.41) is 10.9. The average molecular weight is 422 g/mol. The molecule has 8 heteroatoms. The number of rotatable bonds is 3. The van der Waals surface area contributed by atoms with Gasteiger partial charge in [0.1, 0.15) is 16.0 Å². The lowest BCUT2D eigenvalue weighted by Crippen LogP contribution is -2.13. The van der Waals surface area contributed by atoms with Crippen molar-refractivity contribution in [2.24, 2.45) is 0 Å². The highest BCUT2D eigenvalue weighted by atomic mass is 79.9. The molecule has 0 aliphatic heterocycles. The van der Waals surface area contributed by atoms with Crippen LogP contribution in [0.4, 0.5) is 5.00 Å². The first-order chi connectivity index (χ1) is 8.94. The lowest BCUT2D eigenvalue weighted by atomic mass is 10.4. The van der Waals surface area contributed by atoms with Crippen molar-refractivity contribution in [3.05, 3.63) is 44.2 Å². The zero-order valence-corrected chi connectivity index (χ0v) is 14.0. The van der Waals surface area contributed by atoms with Crippen LogP contribution in [-0.2, 0) is 10.0 Å². The number of halogens is 2. The number of hydrogen-bond acceptors (Lipinski definition) is 4. The molecule has 0 fully saturated rings. The Morgan fingerprint density at radius 1 is 1.26 bits per heavy atom. The maximum absolute atomic E-state index is 12.3. The molecule has 4 nitrogen and oxygen atoms in total. The number of nitriles is 1. The standard InChI is InChI=1S/C11H6Br2N2O2S2/c12-8-1-2-9(13)10(5-8)19(16,17)15-11-7(6-14)3-4-18-11/h1-5,15H. The third-order valence-corrected chi connectivity index (χ3v) is 5.99. The smallest absolute Gasteiger partial charge is 0.263 e. The van der Waals surface area contributed by atoms with Crippen molar-refractivity contribution in [3.63, 3.8) is 0 Å². The van der Waals surface area contributed by atoms with E-state index >= 15 is 0 Å². The molecule has 1 aromatic heterocycles. The number of thiophene rings is 1. The first-order valence-corrected chi connectivity index (χ1v) is 8.84. The second-order valence-corrected chi connectivity index (χ2v) is 7.79. The van der Waals surface area contributed by atoms with Crippen molar-refractivity contribution in [2.75, 3.05) is 4.72 Å². The Bertz CT molecular complexity index is 763. The van der Waals surface area contributed by atoms with Crippen LogP contribution in [0, 0.1) is 11.3 Å². The van der Waals surface area contributed by atoms with Gasteiger partial charge in [0, 0.05) is 8.95 Å². The van der Waals surface area contributed by atoms with Crippen molar-refractivity contribution in [3.8, 4) is 6.07 Å². The molecule has 0 saturated carbocycles. The Kier molecular flexibility index (Phi) is 4.30. The van der Waals surface area contributed by atoms with Crippen LogP contribution >= 0.6 is 43.2 Å². The van der Waals surface area contributed by atoms with Crippen LogP contribution in [0.3, 0.4) is 0 Å². The average Bonchev–Trinajstić information content (AvgIpc) is 2.78. The lowest BCUT2D eigenvalue weighted by molar-refractivity contribution is 0.601. The van der Waals surface area contributed by atoms with E-state index in [1.165, 1.54) is 17.4 Å². The maximum Gasteiger partial charge on any atom is 0.263 e. The van der Waals surface area contributed by atoms with E-state index in [0.717, 1.165) is 0 Å². The maximum atomic E-state index is 12.3. The van der Waals surface area contributed by atoms with Gasteiger partial charge < -0.3 is 0 Å². The van der Waals surface area contributed by atoms with Gasteiger partial charge >= 0.3 is 0 Å². The molecule has 0 aliphatic rings. The number of nitrogens with one attached hydrogen (secondary N) is 1. The largest absolute Gasteiger partial charge is 0.269 e. The molecule has 2 aromatic rings. The molecule has 2 rings (SSSR count). The van der Waals surface area contributed by atoms with Crippen LogP contribution in [0.2, 0.25) is 0 Å². The van der Waals surface area contributed by atoms with E-state index < -0.39 is 10.0 Å². The third kappa shape index (κ3) is 3.17. The van der Waals surface area contributed by atoms with Crippen LogP contribution < -0.4 is 4.72 Å². The number of hydrogen-bond donors (Lipinski definition) is 1. The van der Waals surface area contributed by atoms with E-state index in [4.69, 9.17) is 5.26 Å². The zero-order valence-electron chi connectivity index (χ0n) is 9.22. The number of benzene rings is 1. The topological polar surface area (TPSA) is 70.0 Å². The van der Waals surface area contributed by atoms with E-state index in [-0.39, 0.29) is 4.90 Å². The summed E-state index contributed by atoms with van der Waals surface area (Å²) >= 11 is 7.60. The minimum atomic E-state index is -3.74. The van der Waals surface area contributed by atoms with Crippen LogP contribution in [0.1, 0.15) is 5.56 Å². The molecule has 1 heterocycles. The normalized spacial score (nSPS) is 11.0. The van der Waals surface area contributed by atoms with Crippen molar-refractivity contribution in [2.45, 2.75) is 4.90 Å². The van der Waals surface area contributed by atoms with Gasteiger partial charge in [-0.1, -0.05) is 15.9 Å². The Morgan fingerprint density at radius 3 is 2.68 bits per heavy atom. The second-order valence-electron chi connectivity index (χ2n) is 3.46. The summed E-state index contributed by atoms with van der Waals surface area (Å²) in [7, 11) is -3.74. The molecule has 1 N–H and O–H groups in total. The molecule has 0 spiro atoms. The first-order valence-electron chi connectivity index (χ1n) is 4.89. The molecule has 0 saturated heterocycles. The fraction of sp³-hybridized carbons (Fsp3) is 0. The van der Waals surface area contributed by atoms with Crippen LogP contribution in [-0.4, -0.2) is 8.42 Å². The third-order valence-electron chi connectivity index (χ3n) is 2.20. The van der Waals surface area contributed by atoms with Gasteiger partial charge in [0.2, 0.25) is 0 Å². The molecule has 98 valence electrons. The van der Waals surface area contributed by atoms with Gasteiger partial charge in [0.15, 0.2) is 0 Å². The van der Waals surface area contributed by atoms with Gasteiger partial charge in [-0.3, -0.25) is 4.72 Å². The molecular formula is C11H6Br2N2O2S2. The van der Waals surface area contributed by atoms with E-state index in [1.54, 1.807) is 23.6 Å². The highest BCUT2D eigenvalue weighted by Crippen LogP contribution is 2.30. The molecule has 0 bridgehead atoms. The van der Waals surface area contributed by atoms with Crippen LogP contribution in [0.5, 0.6) is 0 Å². The summed E-state index contributed by atoms with van der Waals surface area (Å²) in [6.07, 6.45) is 0. The molecule has 0 amide bonds. The molecule has 0 unspecified atom stereocenters. The SMILES string of the molecule is N#Cc1ccsc1NS(=O)(=O)c1cc(Br)ccc1Br. The predicted octanol–water partition coefficient (Wildman–Crippen LogP) is 3.95. The fourth-order valence-corrected chi connectivity index (χ4v) is 4.91. The number of sulfonamides is 1. The minimum absolute atomic E-state index is 0.110. The highest BCUT2D eigenvalue weighted by Gasteiger charge is 2.20. The minimum Gasteiger partial charge on any atom is -0.269 e. The molecule has 1 aromatic carbocycles. The van der Waals surface area contributed by atoms with Crippen molar-refractivity contribution < 1.29 is 8.42 Å². The number of anilines is 1. The van der Waals surface area contributed by atoms with Gasteiger partial charge in [0.25, 0.3) is 10.0 Å². The summed E-state index contributed by atoms with van der Waals surface area (Å²) in [5.74, 6) is 0. The number of nitrogens with zero attached hydrogens (tertiary/aromatic N) is 1. The first kappa shape index (κ1) is 14.5. The van der Waals surface area contributed by atoms with Crippen molar-refractivity contribution >= 4 is 58.2 Å². The fourth-order valence-electron chi connectivity index (χ4n) is 1.34. The zero-order chi connectivity index (χ0) is 14.0. The Balaban J connectivity index is 2.44. The highest BCUT2D eigenvalue weighted by molar-refractivity contribution is 9.11. The molecule has 0 aliphatic carbocycles. The van der Waals surface area contributed by atoms with E-state index in [9.17, 15) is 8.42 Å². The van der Waals surface area contributed by atoms with Crippen molar-refractivity contribution in [1.29, 1.82) is 5.26 Å². The van der Waals surface area contributed by atoms with Crippen LogP contribution in [0.15, 0.2) is 43.5 Å².